The van der Waals surface area contributed by atoms with Crippen molar-refractivity contribution in [2.24, 2.45) is 0 Å². The van der Waals surface area contributed by atoms with Crippen molar-refractivity contribution >= 4 is 11.8 Å². The largest absolute Gasteiger partial charge is 0.375 e. The van der Waals surface area contributed by atoms with Crippen LogP contribution < -0.4 is 10.6 Å². The summed E-state index contributed by atoms with van der Waals surface area (Å²) in [6, 6.07) is 0. The van der Waals surface area contributed by atoms with E-state index in [-0.39, 0.29) is 5.60 Å². The van der Waals surface area contributed by atoms with Crippen molar-refractivity contribution in [2.75, 3.05) is 30.3 Å². The molecule has 3 heterocycles. The minimum Gasteiger partial charge on any atom is -0.375 e. The third kappa shape index (κ3) is 1.92. The second-order valence-electron chi connectivity index (χ2n) is 5.20. The van der Waals surface area contributed by atoms with Crippen LogP contribution in [0.4, 0.5) is 11.8 Å². The smallest absolute Gasteiger partial charge is 0.221 e. The highest BCUT2D eigenvalue weighted by molar-refractivity contribution is 5.49. The van der Waals surface area contributed by atoms with Crippen LogP contribution in [0.5, 0.6) is 0 Å². The van der Waals surface area contributed by atoms with Crippen LogP contribution in [0.3, 0.4) is 0 Å². The summed E-state index contributed by atoms with van der Waals surface area (Å²) >= 11 is 0. The molecule has 0 aromatic carbocycles. The van der Waals surface area contributed by atoms with Gasteiger partial charge in [-0.2, -0.15) is 4.98 Å². The summed E-state index contributed by atoms with van der Waals surface area (Å²) < 4.78 is 5.74. The van der Waals surface area contributed by atoms with Gasteiger partial charge in [0.15, 0.2) is 0 Å². The Morgan fingerprint density at radius 2 is 2.11 bits per heavy atom. The summed E-state index contributed by atoms with van der Waals surface area (Å²) in [5.74, 6) is 1.38. The van der Waals surface area contributed by atoms with Gasteiger partial charge >= 0.3 is 0 Å². The topological polar surface area (TPSA) is 64.3 Å². The van der Waals surface area contributed by atoms with Crippen LogP contribution in [0.1, 0.15) is 31.7 Å². The van der Waals surface area contributed by atoms with E-state index in [1.165, 1.54) is 12.0 Å². The standard InChI is InChI=1S/C13H20N4O/c1-2-10-9-15-12(14)16-11(10)17-6-3-13(4-7-17)5-8-18-13/h9H,2-8H2,1H3,(H2,14,15,16). The fraction of sp³-hybridized carbons (Fsp3) is 0.692. The van der Waals surface area contributed by atoms with E-state index in [9.17, 15) is 0 Å². The number of anilines is 2. The van der Waals surface area contributed by atoms with Crippen molar-refractivity contribution in [2.45, 2.75) is 38.2 Å². The molecule has 0 atom stereocenters. The van der Waals surface area contributed by atoms with Gasteiger partial charge in [-0.05, 0) is 25.7 Å². The SMILES string of the molecule is CCc1cnc(N)nc1N1CCC2(CCO2)CC1. The van der Waals surface area contributed by atoms with Gasteiger partial charge in [0, 0.05) is 24.8 Å². The minimum atomic E-state index is 0.182. The lowest BCUT2D eigenvalue weighted by Crippen LogP contribution is -2.52. The molecule has 1 spiro atoms. The Hall–Kier alpha value is -1.36. The second kappa shape index (κ2) is 4.39. The molecule has 1 aromatic rings. The first kappa shape index (κ1) is 11.7. The van der Waals surface area contributed by atoms with Crippen molar-refractivity contribution in [3.8, 4) is 0 Å². The Kier molecular flexibility index (Phi) is 2.86. The third-order valence-corrected chi connectivity index (χ3v) is 4.18. The van der Waals surface area contributed by atoms with Gasteiger partial charge < -0.3 is 15.4 Å². The monoisotopic (exact) mass is 248 g/mol. The van der Waals surface area contributed by atoms with E-state index in [2.05, 4.69) is 21.8 Å². The maximum absolute atomic E-state index is 5.74. The van der Waals surface area contributed by atoms with E-state index < -0.39 is 0 Å². The van der Waals surface area contributed by atoms with Crippen molar-refractivity contribution in [3.05, 3.63) is 11.8 Å². The molecule has 1 aromatic heterocycles. The number of aromatic nitrogens is 2. The van der Waals surface area contributed by atoms with Crippen LogP contribution in [0.2, 0.25) is 0 Å². The van der Waals surface area contributed by atoms with Crippen LogP contribution in [-0.4, -0.2) is 35.3 Å². The van der Waals surface area contributed by atoms with Gasteiger partial charge in [-0.15, -0.1) is 0 Å². The van der Waals surface area contributed by atoms with E-state index in [4.69, 9.17) is 10.5 Å². The fourth-order valence-corrected chi connectivity index (χ4v) is 2.85. The van der Waals surface area contributed by atoms with Gasteiger partial charge in [-0.1, -0.05) is 6.92 Å². The molecule has 18 heavy (non-hydrogen) atoms. The molecule has 98 valence electrons. The van der Waals surface area contributed by atoms with Crippen molar-refractivity contribution in [1.82, 2.24) is 9.97 Å². The van der Waals surface area contributed by atoms with Crippen LogP contribution in [0.25, 0.3) is 0 Å². The number of rotatable bonds is 2. The Labute approximate surface area is 107 Å². The molecular weight excluding hydrogens is 228 g/mol. The molecule has 2 N–H and O–H groups in total. The summed E-state index contributed by atoms with van der Waals surface area (Å²) in [6.07, 6.45) is 6.20. The summed E-state index contributed by atoms with van der Waals surface area (Å²) in [5, 5.41) is 0. The normalized spacial score (nSPS) is 21.9. The summed E-state index contributed by atoms with van der Waals surface area (Å²) in [7, 11) is 0. The zero-order valence-electron chi connectivity index (χ0n) is 10.9. The van der Waals surface area contributed by atoms with Crippen molar-refractivity contribution in [1.29, 1.82) is 0 Å². The summed E-state index contributed by atoms with van der Waals surface area (Å²) in [5.41, 5.74) is 7.06. The van der Waals surface area contributed by atoms with E-state index in [0.717, 1.165) is 44.8 Å². The molecular formula is C13H20N4O. The maximum atomic E-state index is 5.74. The van der Waals surface area contributed by atoms with E-state index in [1.54, 1.807) is 0 Å². The average Bonchev–Trinajstić information content (AvgIpc) is 2.37. The second-order valence-corrected chi connectivity index (χ2v) is 5.20. The highest BCUT2D eigenvalue weighted by Gasteiger charge is 2.41. The number of ether oxygens (including phenoxy) is 1. The molecule has 0 amide bonds. The first-order valence-corrected chi connectivity index (χ1v) is 6.73. The number of nitrogen functional groups attached to an aromatic ring is 1. The first-order chi connectivity index (χ1) is 8.72. The zero-order chi connectivity index (χ0) is 12.6. The van der Waals surface area contributed by atoms with E-state index >= 15 is 0 Å². The van der Waals surface area contributed by atoms with E-state index in [0.29, 0.717) is 5.95 Å². The van der Waals surface area contributed by atoms with E-state index in [1.807, 2.05) is 6.20 Å². The van der Waals surface area contributed by atoms with Gasteiger partial charge in [-0.25, -0.2) is 4.98 Å². The van der Waals surface area contributed by atoms with Gasteiger partial charge in [0.2, 0.25) is 5.95 Å². The van der Waals surface area contributed by atoms with Gasteiger partial charge in [0.25, 0.3) is 0 Å². The Morgan fingerprint density at radius 3 is 2.67 bits per heavy atom. The minimum absolute atomic E-state index is 0.182. The highest BCUT2D eigenvalue weighted by Crippen LogP contribution is 2.38. The molecule has 2 aliphatic rings. The number of nitrogens with two attached hydrogens (primary N) is 1. The van der Waals surface area contributed by atoms with Crippen LogP contribution >= 0.6 is 0 Å². The molecule has 5 nitrogen and oxygen atoms in total. The van der Waals surface area contributed by atoms with Gasteiger partial charge in [0.05, 0.1) is 12.2 Å². The van der Waals surface area contributed by atoms with Gasteiger partial charge in [-0.3, -0.25) is 0 Å². The molecule has 0 radical (unpaired) electrons. The van der Waals surface area contributed by atoms with Crippen molar-refractivity contribution < 1.29 is 4.74 Å². The molecule has 2 aliphatic heterocycles. The maximum Gasteiger partial charge on any atom is 0.221 e. The fourth-order valence-electron chi connectivity index (χ4n) is 2.85. The lowest BCUT2D eigenvalue weighted by Gasteiger charge is -2.48. The van der Waals surface area contributed by atoms with Crippen LogP contribution in [-0.2, 0) is 11.2 Å². The average molecular weight is 248 g/mol. The molecule has 0 unspecified atom stereocenters. The molecule has 5 heteroatoms. The third-order valence-electron chi connectivity index (χ3n) is 4.18. The predicted octanol–water partition coefficient (Wildman–Crippen LogP) is 1.38. The molecule has 3 rings (SSSR count). The highest BCUT2D eigenvalue weighted by atomic mass is 16.5. The van der Waals surface area contributed by atoms with Gasteiger partial charge in [0.1, 0.15) is 5.82 Å². The Balaban J connectivity index is 1.77. The molecule has 0 saturated carbocycles. The van der Waals surface area contributed by atoms with Crippen LogP contribution in [0, 0.1) is 0 Å². The first-order valence-electron chi connectivity index (χ1n) is 6.73. The molecule has 2 saturated heterocycles. The molecule has 0 aliphatic carbocycles. The van der Waals surface area contributed by atoms with Crippen LogP contribution in [0.15, 0.2) is 6.20 Å². The number of piperidine rings is 1. The lowest BCUT2D eigenvalue weighted by molar-refractivity contribution is -0.158. The molecule has 0 bridgehead atoms. The summed E-state index contributed by atoms with van der Waals surface area (Å²) in [6.45, 7) is 5.06. The number of aryl methyl sites for hydroxylation is 1. The lowest BCUT2D eigenvalue weighted by atomic mass is 9.84. The number of hydrogen-bond acceptors (Lipinski definition) is 5. The Morgan fingerprint density at radius 1 is 1.39 bits per heavy atom. The Bertz CT molecular complexity index is 435. The quantitative estimate of drug-likeness (QED) is 0.856. The summed E-state index contributed by atoms with van der Waals surface area (Å²) in [4.78, 5) is 10.8. The number of hydrogen-bond donors (Lipinski definition) is 1. The molecule has 2 fully saturated rings. The van der Waals surface area contributed by atoms with Crippen molar-refractivity contribution in [3.63, 3.8) is 0 Å². The number of nitrogens with zero attached hydrogens (tertiary/aromatic N) is 3. The zero-order valence-corrected chi connectivity index (χ0v) is 10.9. The predicted molar refractivity (Wildman–Crippen MR) is 70.6 cm³/mol.